The molecule has 0 fully saturated rings. The number of benzene rings is 2. The van der Waals surface area contributed by atoms with Crippen molar-refractivity contribution in [2.45, 2.75) is 0 Å². The van der Waals surface area contributed by atoms with Gasteiger partial charge in [0, 0.05) is 18.2 Å². The lowest BCUT2D eigenvalue weighted by molar-refractivity contribution is -0.385. The van der Waals surface area contributed by atoms with Gasteiger partial charge >= 0.3 is 0 Å². The Morgan fingerprint density at radius 2 is 1.65 bits per heavy atom. The number of hydrogen-bond acceptors (Lipinski definition) is 7. The number of carbonyl (C=O) groups excluding carboxylic acids is 1. The van der Waals surface area contributed by atoms with Gasteiger partial charge in [0.05, 0.1) is 21.6 Å². The van der Waals surface area contributed by atoms with E-state index in [0.717, 1.165) is 18.2 Å². The maximum absolute atomic E-state index is 12.1. The predicted octanol–water partition coefficient (Wildman–Crippen LogP) is 2.75. The molecular formula is C16H10N4O6. The van der Waals surface area contributed by atoms with Crippen LogP contribution in [-0.4, -0.2) is 20.9 Å². The molecule has 0 radical (unpaired) electrons. The molecule has 130 valence electrons. The van der Waals surface area contributed by atoms with E-state index in [4.69, 9.17) is 5.26 Å². The zero-order chi connectivity index (χ0) is 19.3. The Labute approximate surface area is 145 Å². The highest BCUT2D eigenvalue weighted by Gasteiger charge is 2.15. The van der Waals surface area contributed by atoms with E-state index in [0.29, 0.717) is 5.56 Å². The molecule has 0 aromatic heterocycles. The van der Waals surface area contributed by atoms with Gasteiger partial charge in [-0.2, -0.15) is 5.26 Å². The van der Waals surface area contributed by atoms with Crippen molar-refractivity contribution in [1.82, 2.24) is 0 Å². The van der Waals surface area contributed by atoms with E-state index in [-0.39, 0.29) is 22.6 Å². The fourth-order valence-corrected chi connectivity index (χ4v) is 1.94. The molecule has 10 heteroatoms. The minimum Gasteiger partial charge on any atom is -0.506 e. The summed E-state index contributed by atoms with van der Waals surface area (Å²) in [4.78, 5) is 32.1. The summed E-state index contributed by atoms with van der Waals surface area (Å²) in [5, 5.41) is 42.4. The molecule has 26 heavy (non-hydrogen) atoms. The number of anilines is 1. The molecule has 0 aliphatic heterocycles. The summed E-state index contributed by atoms with van der Waals surface area (Å²) >= 11 is 0. The van der Waals surface area contributed by atoms with Gasteiger partial charge in [-0.05, 0) is 29.8 Å². The molecule has 0 heterocycles. The van der Waals surface area contributed by atoms with E-state index in [1.54, 1.807) is 6.07 Å². The number of aromatic hydroxyl groups is 1. The van der Waals surface area contributed by atoms with Crippen LogP contribution in [0.5, 0.6) is 5.75 Å². The van der Waals surface area contributed by atoms with Gasteiger partial charge in [0.2, 0.25) is 0 Å². The monoisotopic (exact) mass is 354 g/mol. The van der Waals surface area contributed by atoms with E-state index < -0.39 is 21.5 Å². The number of rotatable bonds is 5. The third kappa shape index (κ3) is 4.18. The quantitative estimate of drug-likeness (QED) is 0.274. The van der Waals surface area contributed by atoms with Crippen LogP contribution in [0.1, 0.15) is 5.56 Å². The van der Waals surface area contributed by atoms with E-state index >= 15 is 0 Å². The summed E-state index contributed by atoms with van der Waals surface area (Å²) in [7, 11) is 0. The molecule has 0 bridgehead atoms. The molecule has 2 aromatic carbocycles. The highest BCUT2D eigenvalue weighted by atomic mass is 16.6. The summed E-state index contributed by atoms with van der Waals surface area (Å²) in [6.45, 7) is 0. The zero-order valence-electron chi connectivity index (χ0n) is 12.9. The topological polar surface area (TPSA) is 159 Å². The molecule has 0 unspecified atom stereocenters. The Morgan fingerprint density at radius 3 is 2.15 bits per heavy atom. The molecule has 1 amide bonds. The lowest BCUT2D eigenvalue weighted by Crippen LogP contribution is -2.13. The van der Waals surface area contributed by atoms with Gasteiger partial charge in [-0.15, -0.1) is 0 Å². The van der Waals surface area contributed by atoms with Crippen molar-refractivity contribution in [2.75, 3.05) is 5.32 Å². The molecule has 0 spiro atoms. The minimum atomic E-state index is -0.852. The first-order valence-electron chi connectivity index (χ1n) is 6.97. The second kappa shape index (κ2) is 7.54. The smallest absolute Gasteiger partial charge is 0.273 e. The Hall–Kier alpha value is -4.26. The number of hydrogen-bond donors (Lipinski definition) is 2. The first kappa shape index (κ1) is 18.1. The molecule has 0 saturated heterocycles. The molecule has 0 saturated carbocycles. The average molecular weight is 354 g/mol. The van der Waals surface area contributed by atoms with Gasteiger partial charge in [-0.1, -0.05) is 0 Å². The van der Waals surface area contributed by atoms with Gasteiger partial charge in [0.1, 0.15) is 17.4 Å². The lowest BCUT2D eigenvalue weighted by Gasteiger charge is -2.06. The summed E-state index contributed by atoms with van der Waals surface area (Å²) < 4.78 is 0. The molecule has 2 aromatic rings. The Bertz CT molecular complexity index is 960. The van der Waals surface area contributed by atoms with Crippen LogP contribution < -0.4 is 5.32 Å². The first-order valence-corrected chi connectivity index (χ1v) is 6.97. The average Bonchev–Trinajstić information content (AvgIpc) is 2.61. The highest BCUT2D eigenvalue weighted by molar-refractivity contribution is 6.10. The van der Waals surface area contributed by atoms with E-state index in [1.165, 1.54) is 30.3 Å². The van der Waals surface area contributed by atoms with Crippen LogP contribution in [0.3, 0.4) is 0 Å². The van der Waals surface area contributed by atoms with Crippen LogP contribution in [0.4, 0.5) is 17.1 Å². The fraction of sp³-hybridized carbons (Fsp3) is 0. The van der Waals surface area contributed by atoms with Gasteiger partial charge in [0.25, 0.3) is 17.3 Å². The van der Waals surface area contributed by atoms with Gasteiger partial charge in [-0.3, -0.25) is 25.0 Å². The first-order chi connectivity index (χ1) is 12.3. The molecule has 2 rings (SSSR count). The Balaban J connectivity index is 2.22. The number of nitro benzene ring substituents is 2. The van der Waals surface area contributed by atoms with Crippen molar-refractivity contribution in [3.8, 4) is 11.8 Å². The number of nitriles is 1. The molecule has 0 aliphatic carbocycles. The number of carbonyl (C=O) groups is 1. The predicted molar refractivity (Wildman–Crippen MR) is 90.1 cm³/mol. The number of phenolic OH excluding ortho intramolecular Hbond substituents is 1. The standard InChI is InChI=1S/C16H10N4O6/c17-9-11(7-10-1-3-12(4-2-10)19(23)24)16(22)18-14-6-5-13(20(25)26)8-15(14)21/h1-8,21H,(H,18,22)/b11-7+. The second-order valence-corrected chi connectivity index (χ2v) is 4.93. The van der Waals surface area contributed by atoms with E-state index in [1.807, 2.05) is 0 Å². The molecule has 10 nitrogen and oxygen atoms in total. The van der Waals surface area contributed by atoms with Crippen LogP contribution in [0, 0.1) is 31.6 Å². The van der Waals surface area contributed by atoms with Crippen LogP contribution >= 0.6 is 0 Å². The van der Waals surface area contributed by atoms with Crippen LogP contribution in [-0.2, 0) is 4.79 Å². The third-order valence-electron chi connectivity index (χ3n) is 3.22. The molecule has 0 atom stereocenters. The number of nitro groups is 2. The largest absolute Gasteiger partial charge is 0.506 e. The normalized spacial score (nSPS) is 10.7. The van der Waals surface area contributed by atoms with Crippen molar-refractivity contribution in [3.63, 3.8) is 0 Å². The Morgan fingerprint density at radius 1 is 1.08 bits per heavy atom. The number of phenols is 1. The second-order valence-electron chi connectivity index (χ2n) is 4.93. The minimum absolute atomic E-state index is 0.106. The molecule has 2 N–H and O–H groups in total. The number of nitrogens with zero attached hydrogens (tertiary/aromatic N) is 3. The van der Waals surface area contributed by atoms with Gasteiger partial charge < -0.3 is 10.4 Å². The van der Waals surface area contributed by atoms with Gasteiger partial charge in [0.15, 0.2) is 0 Å². The van der Waals surface area contributed by atoms with Crippen molar-refractivity contribution in [2.24, 2.45) is 0 Å². The number of amides is 1. The number of non-ortho nitro benzene ring substituents is 2. The SMILES string of the molecule is N#C/C(=C\c1ccc([N+](=O)[O-])cc1)C(=O)Nc1ccc([N+](=O)[O-])cc1O. The van der Waals surface area contributed by atoms with Crippen molar-refractivity contribution in [3.05, 3.63) is 73.8 Å². The fourth-order valence-electron chi connectivity index (χ4n) is 1.94. The molecule has 0 aliphatic rings. The summed E-state index contributed by atoms with van der Waals surface area (Å²) in [6.07, 6.45) is 1.21. The zero-order valence-corrected chi connectivity index (χ0v) is 12.9. The van der Waals surface area contributed by atoms with Crippen LogP contribution in [0.15, 0.2) is 48.0 Å². The van der Waals surface area contributed by atoms with Gasteiger partial charge in [-0.25, -0.2) is 0 Å². The van der Waals surface area contributed by atoms with Crippen molar-refractivity contribution < 1.29 is 19.7 Å². The maximum Gasteiger partial charge on any atom is 0.273 e. The lowest BCUT2D eigenvalue weighted by atomic mass is 10.1. The molecular weight excluding hydrogens is 344 g/mol. The highest BCUT2D eigenvalue weighted by Crippen LogP contribution is 2.28. The van der Waals surface area contributed by atoms with E-state index in [9.17, 15) is 30.1 Å². The summed E-state index contributed by atoms with van der Waals surface area (Å²) in [5.41, 5.74) is -0.541. The van der Waals surface area contributed by atoms with Crippen molar-refractivity contribution >= 4 is 29.0 Å². The van der Waals surface area contributed by atoms with Crippen LogP contribution in [0.2, 0.25) is 0 Å². The Kier molecular flexibility index (Phi) is 5.24. The summed E-state index contributed by atoms with van der Waals surface area (Å²) in [6, 6.07) is 9.94. The van der Waals surface area contributed by atoms with E-state index in [2.05, 4.69) is 5.32 Å². The summed E-state index contributed by atoms with van der Waals surface area (Å²) in [5.74, 6) is -1.38. The maximum atomic E-state index is 12.1. The van der Waals surface area contributed by atoms with Crippen LogP contribution in [0.25, 0.3) is 6.08 Å². The van der Waals surface area contributed by atoms with Crippen molar-refractivity contribution in [1.29, 1.82) is 5.26 Å². The third-order valence-corrected chi connectivity index (χ3v) is 3.22. The number of nitrogens with one attached hydrogen (secondary N) is 1.